The average molecular weight is 455 g/mol. The molecule has 1 aromatic rings. The first-order chi connectivity index (χ1) is 14.0. The number of nitrogens with one attached hydrogen (secondary N) is 2. The van der Waals surface area contributed by atoms with Gasteiger partial charge in [-0.15, -0.1) is 0 Å². The van der Waals surface area contributed by atoms with E-state index in [0.29, 0.717) is 36.4 Å². The van der Waals surface area contributed by atoms with Crippen LogP contribution < -0.4 is 14.8 Å². The molecule has 30 heavy (non-hydrogen) atoms. The molecular formula is C22H31ClN2O4S. The number of ether oxygens (including phenoxy) is 1. The standard InChI is InChI=1S/C22H31ClN2O4S/c1-6-29-20-12-10-19(11-13-20)25-30(27,28)18(5)21(23)8-7-9-22(26)24-15-17(4)14-16(2)3/h7-13,16-17,25H,5-6,14-15H2,1-4H3,(H,24,26). The maximum Gasteiger partial charge on any atom is 0.262 e. The van der Waals surface area contributed by atoms with E-state index in [1.54, 1.807) is 24.3 Å². The Morgan fingerprint density at radius 2 is 1.87 bits per heavy atom. The first-order valence-electron chi connectivity index (χ1n) is 9.81. The van der Waals surface area contributed by atoms with Gasteiger partial charge in [-0.3, -0.25) is 9.52 Å². The number of carbonyl (C=O) groups excluding carboxylic acids is 1. The predicted octanol–water partition coefficient (Wildman–Crippen LogP) is 4.82. The van der Waals surface area contributed by atoms with E-state index in [2.05, 4.69) is 37.4 Å². The second kappa shape index (κ2) is 12.4. The average Bonchev–Trinajstić information content (AvgIpc) is 2.66. The topological polar surface area (TPSA) is 84.5 Å². The number of rotatable bonds is 12. The van der Waals surface area contributed by atoms with Crippen molar-refractivity contribution in [2.45, 2.75) is 34.1 Å². The molecule has 0 spiro atoms. The number of anilines is 1. The lowest BCUT2D eigenvalue weighted by molar-refractivity contribution is -0.116. The summed E-state index contributed by atoms with van der Waals surface area (Å²) in [5.41, 5.74) is 0.356. The van der Waals surface area contributed by atoms with Crippen LogP contribution in [0.3, 0.4) is 0 Å². The van der Waals surface area contributed by atoms with Crippen molar-refractivity contribution in [3.05, 3.63) is 59.0 Å². The Kier molecular flexibility index (Phi) is 10.7. The van der Waals surface area contributed by atoms with Gasteiger partial charge in [0.05, 0.1) is 16.5 Å². The summed E-state index contributed by atoms with van der Waals surface area (Å²) in [5, 5.41) is 2.71. The number of benzene rings is 1. The maximum atomic E-state index is 12.4. The van der Waals surface area contributed by atoms with Crippen LogP contribution in [0.15, 0.2) is 59.0 Å². The van der Waals surface area contributed by atoms with E-state index in [0.717, 1.165) is 6.42 Å². The van der Waals surface area contributed by atoms with Crippen molar-refractivity contribution >= 4 is 33.2 Å². The van der Waals surface area contributed by atoms with E-state index in [4.69, 9.17) is 16.3 Å². The largest absolute Gasteiger partial charge is 0.494 e. The quantitative estimate of drug-likeness (QED) is 0.350. The van der Waals surface area contributed by atoms with Gasteiger partial charge in [-0.1, -0.05) is 45.0 Å². The lowest BCUT2D eigenvalue weighted by Gasteiger charge is -2.13. The number of hydrogen-bond acceptors (Lipinski definition) is 4. The third-order valence-electron chi connectivity index (χ3n) is 4.00. The van der Waals surface area contributed by atoms with Crippen molar-refractivity contribution in [3.8, 4) is 5.75 Å². The summed E-state index contributed by atoms with van der Waals surface area (Å²) in [4.78, 5) is 11.6. The van der Waals surface area contributed by atoms with Gasteiger partial charge in [-0.05, 0) is 55.5 Å². The lowest BCUT2D eigenvalue weighted by atomic mass is 9.99. The van der Waals surface area contributed by atoms with Gasteiger partial charge >= 0.3 is 0 Å². The SMILES string of the molecule is C=C(C(Cl)=CC=CC(=O)NCC(C)CC(C)C)S(=O)(=O)Nc1ccc(OCC)cc1. The third kappa shape index (κ3) is 9.50. The Hall–Kier alpha value is -2.25. The molecule has 0 aliphatic carbocycles. The van der Waals surface area contributed by atoms with Gasteiger partial charge in [0.1, 0.15) is 5.75 Å². The first kappa shape index (κ1) is 25.8. The summed E-state index contributed by atoms with van der Waals surface area (Å²) < 4.78 is 32.6. The molecule has 0 aliphatic rings. The Labute approximate surface area is 185 Å². The molecule has 0 heterocycles. The van der Waals surface area contributed by atoms with Gasteiger partial charge in [0.2, 0.25) is 5.91 Å². The van der Waals surface area contributed by atoms with Gasteiger partial charge in [0, 0.05) is 18.3 Å². The van der Waals surface area contributed by atoms with Crippen molar-refractivity contribution in [3.63, 3.8) is 0 Å². The fourth-order valence-electron chi connectivity index (χ4n) is 2.67. The molecule has 1 unspecified atom stereocenters. The molecule has 1 atom stereocenters. The summed E-state index contributed by atoms with van der Waals surface area (Å²) in [6.07, 6.45) is 5.03. The van der Waals surface area contributed by atoms with Crippen molar-refractivity contribution in [1.29, 1.82) is 0 Å². The van der Waals surface area contributed by atoms with E-state index < -0.39 is 10.0 Å². The van der Waals surface area contributed by atoms with Crippen molar-refractivity contribution in [2.75, 3.05) is 17.9 Å². The second-order valence-electron chi connectivity index (χ2n) is 7.34. The van der Waals surface area contributed by atoms with E-state index in [9.17, 15) is 13.2 Å². The van der Waals surface area contributed by atoms with Crippen LogP contribution in [0, 0.1) is 11.8 Å². The normalized spacial score (nSPS) is 13.3. The minimum Gasteiger partial charge on any atom is -0.494 e. The second-order valence-corrected chi connectivity index (χ2v) is 9.45. The highest BCUT2D eigenvalue weighted by molar-refractivity contribution is 7.96. The van der Waals surface area contributed by atoms with Gasteiger partial charge in [-0.25, -0.2) is 8.42 Å². The predicted molar refractivity (Wildman–Crippen MR) is 124 cm³/mol. The van der Waals surface area contributed by atoms with Crippen molar-refractivity contribution < 1.29 is 17.9 Å². The zero-order chi connectivity index (χ0) is 22.7. The number of sulfonamides is 1. The van der Waals surface area contributed by atoms with Gasteiger partial charge in [0.25, 0.3) is 10.0 Å². The zero-order valence-electron chi connectivity index (χ0n) is 17.9. The van der Waals surface area contributed by atoms with Gasteiger partial charge < -0.3 is 10.1 Å². The molecular weight excluding hydrogens is 424 g/mol. The highest BCUT2D eigenvalue weighted by Gasteiger charge is 2.18. The Morgan fingerprint density at radius 3 is 2.43 bits per heavy atom. The molecule has 0 fully saturated rings. The molecule has 0 bridgehead atoms. The molecule has 0 radical (unpaired) electrons. The van der Waals surface area contributed by atoms with Gasteiger partial charge in [-0.2, -0.15) is 0 Å². The van der Waals surface area contributed by atoms with Crippen LogP contribution in [0.25, 0.3) is 0 Å². The monoisotopic (exact) mass is 454 g/mol. The van der Waals surface area contributed by atoms with Crippen LogP contribution >= 0.6 is 11.6 Å². The Morgan fingerprint density at radius 1 is 1.23 bits per heavy atom. The van der Waals surface area contributed by atoms with Gasteiger partial charge in [0.15, 0.2) is 0 Å². The fourth-order valence-corrected chi connectivity index (χ4v) is 3.94. The molecule has 0 aliphatic heterocycles. The molecule has 1 aromatic carbocycles. The summed E-state index contributed by atoms with van der Waals surface area (Å²) in [5.74, 6) is 1.31. The molecule has 1 amide bonds. The van der Waals surface area contributed by atoms with Crippen molar-refractivity contribution in [1.82, 2.24) is 5.32 Å². The van der Waals surface area contributed by atoms with Crippen molar-refractivity contribution in [2.24, 2.45) is 11.8 Å². The molecule has 166 valence electrons. The van der Waals surface area contributed by atoms with E-state index in [1.807, 2.05) is 6.92 Å². The third-order valence-corrected chi connectivity index (χ3v) is 5.84. The molecule has 2 N–H and O–H groups in total. The van der Waals surface area contributed by atoms with Crippen LogP contribution in [0.2, 0.25) is 0 Å². The molecule has 1 rings (SSSR count). The highest BCUT2D eigenvalue weighted by Crippen LogP contribution is 2.23. The molecule has 8 heteroatoms. The van der Waals surface area contributed by atoms with Crippen LogP contribution in [-0.4, -0.2) is 27.5 Å². The number of carbonyl (C=O) groups is 1. The van der Waals surface area contributed by atoms with Crippen LogP contribution in [0.1, 0.15) is 34.1 Å². The summed E-state index contributed by atoms with van der Waals surface area (Å²) in [6, 6.07) is 6.48. The van der Waals surface area contributed by atoms with Crippen LogP contribution in [0.5, 0.6) is 5.75 Å². The number of amides is 1. The van der Waals surface area contributed by atoms with E-state index >= 15 is 0 Å². The minimum atomic E-state index is -3.94. The molecule has 0 saturated carbocycles. The van der Waals surface area contributed by atoms with Crippen LogP contribution in [-0.2, 0) is 14.8 Å². The summed E-state index contributed by atoms with van der Waals surface area (Å²) in [6.45, 7) is 12.8. The Balaban J connectivity index is 2.64. The number of hydrogen-bond donors (Lipinski definition) is 2. The summed E-state index contributed by atoms with van der Waals surface area (Å²) >= 11 is 6.06. The van der Waals surface area contributed by atoms with E-state index in [1.165, 1.54) is 18.2 Å². The number of halogens is 1. The lowest BCUT2D eigenvalue weighted by Crippen LogP contribution is -2.27. The number of allylic oxidation sites excluding steroid dienone is 3. The molecule has 0 aromatic heterocycles. The molecule has 6 nitrogen and oxygen atoms in total. The maximum absolute atomic E-state index is 12.4. The zero-order valence-corrected chi connectivity index (χ0v) is 19.5. The highest BCUT2D eigenvalue weighted by atomic mass is 35.5. The minimum absolute atomic E-state index is 0.0920. The Bertz CT molecular complexity index is 875. The van der Waals surface area contributed by atoms with E-state index in [-0.39, 0.29) is 15.8 Å². The fraction of sp³-hybridized carbons (Fsp3) is 0.409. The van der Waals surface area contributed by atoms with Crippen LogP contribution in [0.4, 0.5) is 5.69 Å². The summed E-state index contributed by atoms with van der Waals surface area (Å²) in [7, 11) is -3.94. The smallest absolute Gasteiger partial charge is 0.262 e. The molecule has 0 saturated heterocycles. The first-order valence-corrected chi connectivity index (χ1v) is 11.7.